The number of hydrogen-bond acceptors (Lipinski definition) is 2. The van der Waals surface area contributed by atoms with Crippen LogP contribution in [-0.2, 0) is 20.0 Å². The molecule has 3 aromatic carbocycles. The fourth-order valence-corrected chi connectivity index (χ4v) is 5.61. The molecule has 0 bridgehead atoms. The van der Waals surface area contributed by atoms with Crippen LogP contribution in [0, 0.1) is 13.8 Å². The molecule has 5 heteroatoms. The number of hydrogen-bond donors (Lipinski definition) is 0. The van der Waals surface area contributed by atoms with Crippen LogP contribution in [0.25, 0.3) is 11.4 Å². The summed E-state index contributed by atoms with van der Waals surface area (Å²) in [6.45, 7) is 5.86. The smallest absolute Gasteiger partial charge is 0.152 e. The van der Waals surface area contributed by atoms with Gasteiger partial charge in [0.25, 0.3) is 0 Å². The minimum atomic E-state index is 0.0678. The Morgan fingerprint density at radius 3 is 2.27 bits per heavy atom. The third-order valence-corrected chi connectivity index (χ3v) is 7.45. The molecule has 0 amide bonds. The number of nitrogens with zero attached hydrogens (tertiary/aromatic N) is 3. The van der Waals surface area contributed by atoms with Crippen molar-refractivity contribution in [3.05, 3.63) is 110 Å². The molecule has 168 valence electrons. The summed E-state index contributed by atoms with van der Waals surface area (Å²) in [5.41, 5.74) is 8.39. The van der Waals surface area contributed by atoms with Crippen molar-refractivity contribution >= 4 is 23.2 Å². The van der Waals surface area contributed by atoms with Crippen LogP contribution in [0.15, 0.2) is 66.7 Å². The largest absolute Gasteiger partial charge is 0.329 e. The van der Waals surface area contributed by atoms with E-state index in [2.05, 4.69) is 85.0 Å². The summed E-state index contributed by atoms with van der Waals surface area (Å²) in [5, 5.41) is 1.35. The van der Waals surface area contributed by atoms with Gasteiger partial charge in [0.2, 0.25) is 0 Å². The van der Waals surface area contributed by atoms with E-state index < -0.39 is 0 Å². The van der Waals surface area contributed by atoms with E-state index in [9.17, 15) is 0 Å². The van der Waals surface area contributed by atoms with Crippen molar-refractivity contribution in [2.75, 3.05) is 6.54 Å². The molecule has 5 rings (SSSR count). The predicted octanol–water partition coefficient (Wildman–Crippen LogP) is 7.16. The SMILES string of the molecule is Cc1cccc(C)c1-c1nc(Cl)c(CN2CCc3ccccc3C2c2ccccc2Cl)n1C. The quantitative estimate of drug-likeness (QED) is 0.312. The number of imidazole rings is 1. The third kappa shape index (κ3) is 3.99. The summed E-state index contributed by atoms with van der Waals surface area (Å²) in [5.74, 6) is 0.914. The van der Waals surface area contributed by atoms with Crippen LogP contribution in [0.3, 0.4) is 0 Å². The van der Waals surface area contributed by atoms with Crippen molar-refractivity contribution in [1.82, 2.24) is 14.5 Å². The van der Waals surface area contributed by atoms with Gasteiger partial charge in [0.15, 0.2) is 5.15 Å². The Labute approximate surface area is 205 Å². The molecule has 1 unspecified atom stereocenters. The van der Waals surface area contributed by atoms with Crippen molar-refractivity contribution < 1.29 is 0 Å². The molecule has 0 saturated heterocycles. The topological polar surface area (TPSA) is 21.1 Å². The normalized spacial score (nSPS) is 16.1. The fraction of sp³-hybridized carbons (Fsp3) is 0.250. The van der Waals surface area contributed by atoms with Gasteiger partial charge in [-0.3, -0.25) is 4.90 Å². The van der Waals surface area contributed by atoms with E-state index in [1.807, 2.05) is 12.1 Å². The lowest BCUT2D eigenvalue weighted by molar-refractivity contribution is 0.200. The van der Waals surface area contributed by atoms with Gasteiger partial charge in [0, 0.05) is 30.7 Å². The van der Waals surface area contributed by atoms with E-state index in [-0.39, 0.29) is 6.04 Å². The van der Waals surface area contributed by atoms with Crippen LogP contribution in [0.2, 0.25) is 10.2 Å². The predicted molar refractivity (Wildman–Crippen MR) is 137 cm³/mol. The van der Waals surface area contributed by atoms with Crippen LogP contribution in [0.1, 0.15) is 39.6 Å². The standard InChI is InChI=1S/C28H27Cl2N3/c1-18-9-8-10-19(2)25(18)28-31-27(30)24(32(28)3)17-33-16-15-20-11-4-5-12-21(20)26(33)22-13-6-7-14-23(22)29/h4-14,26H,15-17H2,1-3H3. The zero-order valence-electron chi connectivity index (χ0n) is 19.1. The average molecular weight is 476 g/mol. The maximum atomic E-state index is 6.76. The van der Waals surface area contributed by atoms with Gasteiger partial charge in [-0.25, -0.2) is 4.98 Å². The molecule has 1 aliphatic heterocycles. The highest BCUT2D eigenvalue weighted by Gasteiger charge is 2.31. The minimum Gasteiger partial charge on any atom is -0.329 e. The van der Waals surface area contributed by atoms with Crippen molar-refractivity contribution in [1.29, 1.82) is 0 Å². The Kier molecular flexibility index (Phi) is 6.05. The lowest BCUT2D eigenvalue weighted by Gasteiger charge is -2.38. The van der Waals surface area contributed by atoms with Gasteiger partial charge in [0.05, 0.1) is 11.7 Å². The van der Waals surface area contributed by atoms with Crippen LogP contribution < -0.4 is 0 Å². The molecule has 33 heavy (non-hydrogen) atoms. The van der Waals surface area contributed by atoms with Crippen LogP contribution >= 0.6 is 23.2 Å². The molecule has 1 aromatic heterocycles. The maximum absolute atomic E-state index is 6.76. The molecule has 1 atom stereocenters. The van der Waals surface area contributed by atoms with E-state index >= 15 is 0 Å². The number of fused-ring (bicyclic) bond motifs is 1. The summed E-state index contributed by atoms with van der Waals surface area (Å²) < 4.78 is 2.15. The Balaban J connectivity index is 1.58. The zero-order chi connectivity index (χ0) is 23.1. The monoisotopic (exact) mass is 475 g/mol. The molecule has 0 saturated carbocycles. The van der Waals surface area contributed by atoms with Crippen LogP contribution in [0.5, 0.6) is 0 Å². The molecule has 0 aliphatic carbocycles. The highest BCUT2D eigenvalue weighted by atomic mass is 35.5. The van der Waals surface area contributed by atoms with E-state index in [0.717, 1.165) is 40.6 Å². The Morgan fingerprint density at radius 1 is 0.879 bits per heavy atom. The third-order valence-electron chi connectivity index (χ3n) is 6.81. The second-order valence-corrected chi connectivity index (χ2v) is 9.61. The molecular formula is C28H27Cl2N3. The average Bonchev–Trinajstić information content (AvgIpc) is 3.07. The molecule has 2 heterocycles. The van der Waals surface area contributed by atoms with Gasteiger partial charge in [-0.1, -0.05) is 83.9 Å². The first-order valence-electron chi connectivity index (χ1n) is 11.3. The molecule has 4 aromatic rings. The Morgan fingerprint density at radius 2 is 1.55 bits per heavy atom. The minimum absolute atomic E-state index is 0.0678. The van der Waals surface area contributed by atoms with Gasteiger partial charge in [-0.05, 0) is 54.2 Å². The summed E-state index contributed by atoms with van der Waals surface area (Å²) in [7, 11) is 2.07. The number of benzene rings is 3. The molecule has 0 N–H and O–H groups in total. The van der Waals surface area contributed by atoms with Gasteiger partial charge in [0.1, 0.15) is 5.82 Å². The Hall–Kier alpha value is -2.59. The lowest BCUT2D eigenvalue weighted by Crippen LogP contribution is -2.36. The second-order valence-electron chi connectivity index (χ2n) is 8.84. The first kappa shape index (κ1) is 22.2. The molecule has 0 spiro atoms. The van der Waals surface area contributed by atoms with Crippen molar-refractivity contribution in [2.45, 2.75) is 32.9 Å². The summed E-state index contributed by atoms with van der Waals surface area (Å²) in [6, 6.07) is 23.2. The molecule has 0 radical (unpaired) electrons. The number of halogens is 2. The van der Waals surface area contributed by atoms with Crippen molar-refractivity contribution in [3.63, 3.8) is 0 Å². The van der Waals surface area contributed by atoms with E-state index in [0.29, 0.717) is 11.7 Å². The van der Waals surface area contributed by atoms with Gasteiger partial charge >= 0.3 is 0 Å². The van der Waals surface area contributed by atoms with Crippen molar-refractivity contribution in [2.24, 2.45) is 7.05 Å². The van der Waals surface area contributed by atoms with Crippen LogP contribution in [0.4, 0.5) is 0 Å². The van der Waals surface area contributed by atoms with E-state index in [1.165, 1.54) is 22.3 Å². The summed E-state index contributed by atoms with van der Waals surface area (Å²) in [4.78, 5) is 7.28. The molecule has 0 fully saturated rings. The molecular weight excluding hydrogens is 449 g/mol. The molecule has 1 aliphatic rings. The number of aryl methyl sites for hydroxylation is 2. The number of rotatable bonds is 4. The first-order chi connectivity index (χ1) is 16.0. The van der Waals surface area contributed by atoms with Gasteiger partial charge in [-0.15, -0.1) is 0 Å². The highest BCUT2D eigenvalue weighted by molar-refractivity contribution is 6.31. The number of aromatic nitrogens is 2. The Bertz CT molecular complexity index is 1300. The first-order valence-corrected chi connectivity index (χ1v) is 12.0. The van der Waals surface area contributed by atoms with E-state index in [4.69, 9.17) is 28.2 Å². The summed E-state index contributed by atoms with van der Waals surface area (Å²) >= 11 is 13.5. The fourth-order valence-electron chi connectivity index (χ4n) is 5.10. The van der Waals surface area contributed by atoms with Crippen LogP contribution in [-0.4, -0.2) is 21.0 Å². The van der Waals surface area contributed by atoms with Gasteiger partial charge < -0.3 is 4.57 Å². The zero-order valence-corrected chi connectivity index (χ0v) is 20.7. The maximum Gasteiger partial charge on any atom is 0.152 e. The van der Waals surface area contributed by atoms with Gasteiger partial charge in [-0.2, -0.15) is 0 Å². The molecule has 3 nitrogen and oxygen atoms in total. The second kappa shape index (κ2) is 8.98. The highest BCUT2D eigenvalue weighted by Crippen LogP contribution is 2.40. The summed E-state index contributed by atoms with van der Waals surface area (Å²) in [6.07, 6.45) is 0.996. The van der Waals surface area contributed by atoms with Crippen molar-refractivity contribution in [3.8, 4) is 11.4 Å². The van der Waals surface area contributed by atoms with E-state index in [1.54, 1.807) is 0 Å². The lowest BCUT2D eigenvalue weighted by atomic mass is 9.88.